The lowest BCUT2D eigenvalue weighted by atomic mass is 10.1. The molecule has 0 saturated carbocycles. The number of carbonyl (C=O) groups excluding carboxylic acids is 1. The maximum absolute atomic E-state index is 12.0. The molecular weight excluding hydrogens is 316 g/mol. The monoisotopic (exact) mass is 342 g/mol. The Morgan fingerprint density at radius 2 is 2.20 bits per heavy atom. The lowest BCUT2D eigenvalue weighted by Crippen LogP contribution is -2.43. The van der Waals surface area contributed by atoms with Crippen molar-refractivity contribution in [2.24, 2.45) is 0 Å². The summed E-state index contributed by atoms with van der Waals surface area (Å²) in [6, 6.07) is 8.17. The van der Waals surface area contributed by atoms with Crippen LogP contribution in [0, 0.1) is 13.8 Å². The Labute approximate surface area is 148 Å². The number of rotatable bonds is 6. The van der Waals surface area contributed by atoms with E-state index in [0.717, 1.165) is 36.6 Å². The third-order valence-electron chi connectivity index (χ3n) is 4.38. The van der Waals surface area contributed by atoms with E-state index in [-0.39, 0.29) is 12.1 Å². The Balaban J connectivity index is 1.41. The third-order valence-corrected chi connectivity index (χ3v) is 4.38. The number of amides is 2. The summed E-state index contributed by atoms with van der Waals surface area (Å²) in [5.41, 5.74) is 4.58. The summed E-state index contributed by atoms with van der Waals surface area (Å²) < 4.78 is 7.44. The molecule has 1 atom stereocenters. The third kappa shape index (κ3) is 4.53. The number of urea groups is 1. The maximum atomic E-state index is 12.0. The van der Waals surface area contributed by atoms with Gasteiger partial charge in [0.25, 0.3) is 0 Å². The molecule has 0 spiro atoms. The number of benzene rings is 1. The zero-order chi connectivity index (χ0) is 17.8. The molecule has 0 fully saturated rings. The molecule has 1 aromatic carbocycles. The van der Waals surface area contributed by atoms with Gasteiger partial charge in [0.2, 0.25) is 0 Å². The molecule has 6 nitrogen and oxygen atoms in total. The van der Waals surface area contributed by atoms with Crippen molar-refractivity contribution in [2.75, 3.05) is 13.2 Å². The standard InChI is InChI=1S/C19H26N4O2/c1-13-10-15(3)23(22-13)12-14(2)21-19(24)20-8-6-16-4-5-18-17(11-16)7-9-25-18/h4-5,10-11,14H,6-9,12H2,1-3H3,(H2,20,21,24)/t14-/m0/s1. The Bertz CT molecular complexity index is 754. The molecule has 0 aliphatic carbocycles. The van der Waals surface area contributed by atoms with Crippen LogP contribution < -0.4 is 15.4 Å². The second-order valence-electron chi connectivity index (χ2n) is 6.70. The van der Waals surface area contributed by atoms with Crippen LogP contribution in [0.3, 0.4) is 0 Å². The summed E-state index contributed by atoms with van der Waals surface area (Å²) in [5, 5.41) is 10.3. The smallest absolute Gasteiger partial charge is 0.315 e. The van der Waals surface area contributed by atoms with E-state index in [1.807, 2.05) is 37.6 Å². The molecule has 0 bridgehead atoms. The molecule has 0 radical (unpaired) electrons. The lowest BCUT2D eigenvalue weighted by Gasteiger charge is -2.15. The predicted octanol–water partition coefficient (Wildman–Crippen LogP) is 2.37. The zero-order valence-electron chi connectivity index (χ0n) is 15.1. The van der Waals surface area contributed by atoms with Gasteiger partial charge in [0.05, 0.1) is 18.8 Å². The molecule has 25 heavy (non-hydrogen) atoms. The van der Waals surface area contributed by atoms with E-state index in [2.05, 4.69) is 27.9 Å². The number of aromatic nitrogens is 2. The minimum Gasteiger partial charge on any atom is -0.493 e. The second kappa shape index (κ2) is 7.59. The van der Waals surface area contributed by atoms with Crippen LogP contribution in [0.15, 0.2) is 24.3 Å². The number of ether oxygens (including phenoxy) is 1. The Kier molecular flexibility index (Phi) is 5.26. The largest absolute Gasteiger partial charge is 0.493 e. The Morgan fingerprint density at radius 1 is 1.36 bits per heavy atom. The van der Waals surface area contributed by atoms with Gasteiger partial charge in [0.1, 0.15) is 5.75 Å². The number of fused-ring (bicyclic) bond motifs is 1. The molecule has 6 heteroatoms. The molecule has 2 heterocycles. The summed E-state index contributed by atoms with van der Waals surface area (Å²) in [6.45, 7) is 8.02. The van der Waals surface area contributed by atoms with Gasteiger partial charge < -0.3 is 15.4 Å². The van der Waals surface area contributed by atoms with Crippen molar-refractivity contribution in [3.8, 4) is 5.75 Å². The van der Waals surface area contributed by atoms with Crippen molar-refractivity contribution in [1.82, 2.24) is 20.4 Å². The van der Waals surface area contributed by atoms with E-state index in [0.29, 0.717) is 13.1 Å². The summed E-state index contributed by atoms with van der Waals surface area (Å²) >= 11 is 0. The van der Waals surface area contributed by atoms with Crippen LogP contribution in [0.4, 0.5) is 4.79 Å². The van der Waals surface area contributed by atoms with Crippen molar-refractivity contribution in [3.05, 3.63) is 46.8 Å². The summed E-state index contributed by atoms with van der Waals surface area (Å²) in [4.78, 5) is 12.0. The summed E-state index contributed by atoms with van der Waals surface area (Å²) in [7, 11) is 0. The van der Waals surface area contributed by atoms with Gasteiger partial charge in [-0.1, -0.05) is 12.1 Å². The van der Waals surface area contributed by atoms with E-state index in [9.17, 15) is 4.79 Å². The fraction of sp³-hybridized carbons (Fsp3) is 0.474. The van der Waals surface area contributed by atoms with Gasteiger partial charge in [0.15, 0.2) is 0 Å². The molecule has 134 valence electrons. The molecule has 0 unspecified atom stereocenters. The fourth-order valence-electron chi connectivity index (χ4n) is 3.16. The van der Waals surface area contributed by atoms with Gasteiger partial charge in [-0.25, -0.2) is 4.79 Å². The first kappa shape index (κ1) is 17.3. The molecular formula is C19H26N4O2. The second-order valence-corrected chi connectivity index (χ2v) is 6.70. The van der Waals surface area contributed by atoms with E-state index >= 15 is 0 Å². The van der Waals surface area contributed by atoms with E-state index in [1.54, 1.807) is 0 Å². The quantitative estimate of drug-likeness (QED) is 0.847. The van der Waals surface area contributed by atoms with Gasteiger partial charge in [-0.05, 0) is 50.5 Å². The number of carbonyl (C=O) groups is 1. The minimum atomic E-state index is -0.140. The highest BCUT2D eigenvalue weighted by atomic mass is 16.5. The Hall–Kier alpha value is -2.50. The van der Waals surface area contributed by atoms with Crippen LogP contribution in [-0.2, 0) is 19.4 Å². The number of nitrogens with zero attached hydrogens (tertiary/aromatic N) is 2. The predicted molar refractivity (Wildman–Crippen MR) is 97.0 cm³/mol. The summed E-state index contributed by atoms with van der Waals surface area (Å²) in [6.07, 6.45) is 1.79. The number of nitrogens with one attached hydrogen (secondary N) is 2. The Morgan fingerprint density at radius 3 is 2.96 bits per heavy atom. The summed E-state index contributed by atoms with van der Waals surface area (Å²) in [5.74, 6) is 0.993. The molecule has 2 aromatic rings. The average Bonchev–Trinajstić information content (AvgIpc) is 3.13. The first-order valence-corrected chi connectivity index (χ1v) is 8.81. The van der Waals surface area contributed by atoms with Gasteiger partial charge in [0, 0.05) is 24.7 Å². The highest BCUT2D eigenvalue weighted by molar-refractivity contribution is 5.74. The van der Waals surface area contributed by atoms with Crippen LogP contribution in [0.2, 0.25) is 0 Å². The van der Waals surface area contributed by atoms with Crippen LogP contribution in [0.5, 0.6) is 5.75 Å². The minimum absolute atomic E-state index is 0.00939. The van der Waals surface area contributed by atoms with Crippen LogP contribution >= 0.6 is 0 Å². The molecule has 1 aromatic heterocycles. The van der Waals surface area contributed by atoms with Crippen molar-refractivity contribution >= 4 is 6.03 Å². The van der Waals surface area contributed by atoms with Gasteiger partial charge >= 0.3 is 6.03 Å². The lowest BCUT2D eigenvalue weighted by molar-refractivity contribution is 0.236. The number of aryl methyl sites for hydroxylation is 2. The molecule has 2 N–H and O–H groups in total. The fourth-order valence-corrected chi connectivity index (χ4v) is 3.16. The van der Waals surface area contributed by atoms with Crippen LogP contribution in [0.25, 0.3) is 0 Å². The SMILES string of the molecule is Cc1cc(C)n(C[C@H](C)NC(=O)NCCc2ccc3c(c2)CCO3)n1. The van der Waals surface area contributed by atoms with E-state index < -0.39 is 0 Å². The first-order valence-electron chi connectivity index (χ1n) is 8.81. The van der Waals surface area contributed by atoms with Gasteiger partial charge in [-0.2, -0.15) is 5.10 Å². The highest BCUT2D eigenvalue weighted by Crippen LogP contribution is 2.25. The zero-order valence-corrected chi connectivity index (χ0v) is 15.1. The van der Waals surface area contributed by atoms with Crippen LogP contribution in [0.1, 0.15) is 29.4 Å². The molecule has 1 aliphatic rings. The van der Waals surface area contributed by atoms with Crippen molar-refractivity contribution in [3.63, 3.8) is 0 Å². The molecule has 2 amide bonds. The highest BCUT2D eigenvalue weighted by Gasteiger charge is 2.12. The van der Waals surface area contributed by atoms with Gasteiger partial charge in [-0.3, -0.25) is 4.68 Å². The van der Waals surface area contributed by atoms with Crippen LogP contribution in [-0.4, -0.2) is 35.0 Å². The average molecular weight is 342 g/mol. The number of hydrogen-bond acceptors (Lipinski definition) is 3. The number of hydrogen-bond donors (Lipinski definition) is 2. The van der Waals surface area contributed by atoms with Gasteiger partial charge in [-0.15, -0.1) is 0 Å². The van der Waals surface area contributed by atoms with E-state index in [1.165, 1.54) is 11.1 Å². The molecule has 3 rings (SSSR count). The molecule has 0 saturated heterocycles. The molecule has 1 aliphatic heterocycles. The van der Waals surface area contributed by atoms with Crippen molar-refractivity contribution in [1.29, 1.82) is 0 Å². The van der Waals surface area contributed by atoms with Crippen molar-refractivity contribution < 1.29 is 9.53 Å². The first-order chi connectivity index (χ1) is 12.0. The normalized spacial score (nSPS) is 13.9. The van der Waals surface area contributed by atoms with Crippen molar-refractivity contribution in [2.45, 2.75) is 46.2 Å². The van der Waals surface area contributed by atoms with E-state index in [4.69, 9.17) is 4.74 Å². The maximum Gasteiger partial charge on any atom is 0.315 e. The topological polar surface area (TPSA) is 68.2 Å².